The number of hydrogen-bond donors (Lipinski definition) is 0. The number of benzene rings is 1. The first kappa shape index (κ1) is 16.4. The molecular formula is C15H13F3N2OS. The summed E-state index contributed by atoms with van der Waals surface area (Å²) in [6.07, 6.45) is 1.36. The molecule has 7 heteroatoms. The van der Waals surface area contributed by atoms with Crippen LogP contribution in [0.4, 0.5) is 13.2 Å². The van der Waals surface area contributed by atoms with Crippen LogP contribution in [0.3, 0.4) is 0 Å². The number of amides is 1. The second-order valence-electron chi connectivity index (χ2n) is 4.53. The summed E-state index contributed by atoms with van der Waals surface area (Å²) in [5.41, 5.74) is 0.717. The van der Waals surface area contributed by atoms with Gasteiger partial charge in [0.05, 0.1) is 5.56 Å². The molecule has 1 aromatic carbocycles. The monoisotopic (exact) mass is 326 g/mol. The largest absolute Gasteiger partial charge is 0.337 e. The van der Waals surface area contributed by atoms with Crippen LogP contribution in [0.15, 0.2) is 47.6 Å². The molecule has 0 fully saturated rings. The number of thioether (sulfide) groups is 1. The standard InChI is InChI=1S/C15H13F3N2OS/c1-20(9-10-4-2-5-11(16)8-10)14(21)12-6-3-7-19-13(12)22-15(17)18/h2-8,15H,9H2,1H3. The summed E-state index contributed by atoms with van der Waals surface area (Å²) in [5, 5.41) is -0.0198. The summed E-state index contributed by atoms with van der Waals surface area (Å²) >= 11 is 0.228. The Morgan fingerprint density at radius 2 is 2.09 bits per heavy atom. The van der Waals surface area contributed by atoms with Crippen molar-refractivity contribution in [3.63, 3.8) is 0 Å². The summed E-state index contributed by atoms with van der Waals surface area (Å²) in [7, 11) is 1.52. The highest BCUT2D eigenvalue weighted by molar-refractivity contribution is 7.99. The Balaban J connectivity index is 2.17. The lowest BCUT2D eigenvalue weighted by atomic mass is 10.2. The average molecular weight is 326 g/mol. The molecule has 0 bridgehead atoms. The molecule has 1 aromatic heterocycles. The van der Waals surface area contributed by atoms with Gasteiger partial charge in [-0.1, -0.05) is 12.1 Å². The average Bonchev–Trinajstić information content (AvgIpc) is 2.46. The van der Waals surface area contributed by atoms with Crippen LogP contribution >= 0.6 is 11.8 Å². The number of aromatic nitrogens is 1. The molecular weight excluding hydrogens is 313 g/mol. The van der Waals surface area contributed by atoms with Gasteiger partial charge in [-0.15, -0.1) is 0 Å². The van der Waals surface area contributed by atoms with E-state index in [1.54, 1.807) is 12.1 Å². The Labute approximate surface area is 130 Å². The van der Waals surface area contributed by atoms with Crippen molar-refractivity contribution in [3.05, 3.63) is 59.5 Å². The van der Waals surface area contributed by atoms with Gasteiger partial charge in [-0.3, -0.25) is 4.79 Å². The zero-order valence-corrected chi connectivity index (χ0v) is 12.5. The van der Waals surface area contributed by atoms with Gasteiger partial charge in [0.15, 0.2) is 0 Å². The van der Waals surface area contributed by atoms with Crippen LogP contribution in [0.5, 0.6) is 0 Å². The van der Waals surface area contributed by atoms with Gasteiger partial charge in [-0.2, -0.15) is 8.78 Å². The van der Waals surface area contributed by atoms with Crippen molar-refractivity contribution in [2.45, 2.75) is 17.3 Å². The zero-order chi connectivity index (χ0) is 16.1. The van der Waals surface area contributed by atoms with Gasteiger partial charge in [0, 0.05) is 19.8 Å². The predicted molar refractivity (Wildman–Crippen MR) is 78.3 cm³/mol. The Morgan fingerprint density at radius 3 is 2.77 bits per heavy atom. The van der Waals surface area contributed by atoms with E-state index < -0.39 is 17.5 Å². The van der Waals surface area contributed by atoms with Gasteiger partial charge in [0.2, 0.25) is 0 Å². The maximum Gasteiger partial charge on any atom is 0.290 e. The van der Waals surface area contributed by atoms with Crippen molar-refractivity contribution in [1.29, 1.82) is 0 Å². The summed E-state index contributed by atoms with van der Waals surface area (Å²) in [4.78, 5) is 17.5. The number of carbonyl (C=O) groups excluding carboxylic acids is 1. The van der Waals surface area contributed by atoms with E-state index in [0.29, 0.717) is 5.56 Å². The molecule has 0 aliphatic rings. The number of halogens is 3. The Hall–Kier alpha value is -2.02. The first-order valence-corrected chi connectivity index (χ1v) is 7.25. The van der Waals surface area contributed by atoms with Crippen molar-refractivity contribution in [1.82, 2.24) is 9.88 Å². The van der Waals surface area contributed by atoms with Crippen LogP contribution in [-0.4, -0.2) is 28.6 Å². The van der Waals surface area contributed by atoms with Gasteiger partial charge in [-0.05, 0) is 41.6 Å². The smallest absolute Gasteiger partial charge is 0.290 e. The summed E-state index contributed by atoms with van der Waals surface area (Å²) in [5.74, 6) is -3.50. The minimum Gasteiger partial charge on any atom is -0.337 e. The molecule has 22 heavy (non-hydrogen) atoms. The van der Waals surface area contributed by atoms with Crippen molar-refractivity contribution in [3.8, 4) is 0 Å². The van der Waals surface area contributed by atoms with Crippen molar-refractivity contribution in [2.24, 2.45) is 0 Å². The third kappa shape index (κ3) is 4.24. The van der Waals surface area contributed by atoms with Gasteiger partial charge in [0.1, 0.15) is 10.8 Å². The third-order valence-electron chi connectivity index (χ3n) is 2.86. The van der Waals surface area contributed by atoms with Crippen LogP contribution in [0, 0.1) is 5.82 Å². The first-order chi connectivity index (χ1) is 10.5. The van der Waals surface area contributed by atoms with E-state index in [4.69, 9.17) is 0 Å². The summed E-state index contributed by atoms with van der Waals surface area (Å²) in [6.45, 7) is 0.171. The molecule has 0 aliphatic heterocycles. The molecule has 0 N–H and O–H groups in total. The number of pyridine rings is 1. The maximum absolute atomic E-state index is 13.1. The zero-order valence-electron chi connectivity index (χ0n) is 11.7. The number of hydrogen-bond acceptors (Lipinski definition) is 3. The minimum absolute atomic E-state index is 0.0198. The van der Waals surface area contributed by atoms with Crippen LogP contribution in [0.1, 0.15) is 15.9 Å². The Kier molecular flexibility index (Phi) is 5.43. The molecule has 0 unspecified atom stereocenters. The second kappa shape index (κ2) is 7.31. The Morgan fingerprint density at radius 1 is 1.32 bits per heavy atom. The van der Waals surface area contributed by atoms with E-state index in [1.807, 2.05) is 0 Å². The highest BCUT2D eigenvalue weighted by atomic mass is 32.2. The number of alkyl halides is 2. The SMILES string of the molecule is CN(Cc1cccc(F)c1)C(=O)c1cccnc1SC(F)F. The number of nitrogens with zero attached hydrogens (tertiary/aromatic N) is 2. The minimum atomic E-state index is -2.66. The number of carbonyl (C=O) groups is 1. The van der Waals surface area contributed by atoms with Crippen LogP contribution in [0.25, 0.3) is 0 Å². The molecule has 0 saturated heterocycles. The molecule has 1 heterocycles. The second-order valence-corrected chi connectivity index (χ2v) is 5.50. The normalized spacial score (nSPS) is 10.8. The lowest BCUT2D eigenvalue weighted by molar-refractivity contribution is 0.0780. The van der Waals surface area contributed by atoms with E-state index in [1.165, 1.54) is 42.4 Å². The van der Waals surface area contributed by atoms with Gasteiger partial charge in [0.25, 0.3) is 11.7 Å². The predicted octanol–water partition coefficient (Wildman–Crippen LogP) is 3.81. The molecule has 0 atom stereocenters. The van der Waals surface area contributed by atoms with Gasteiger partial charge in [-0.25, -0.2) is 9.37 Å². The molecule has 0 radical (unpaired) electrons. The molecule has 1 amide bonds. The van der Waals surface area contributed by atoms with E-state index >= 15 is 0 Å². The van der Waals surface area contributed by atoms with Crippen molar-refractivity contribution < 1.29 is 18.0 Å². The topological polar surface area (TPSA) is 33.2 Å². The molecule has 2 rings (SSSR count). The number of rotatable bonds is 5. The van der Waals surface area contributed by atoms with Crippen molar-refractivity contribution >= 4 is 17.7 Å². The lowest BCUT2D eigenvalue weighted by Crippen LogP contribution is -2.27. The highest BCUT2D eigenvalue weighted by Gasteiger charge is 2.19. The maximum atomic E-state index is 13.1. The fourth-order valence-electron chi connectivity index (χ4n) is 1.92. The summed E-state index contributed by atoms with van der Waals surface area (Å²) in [6, 6.07) is 8.82. The molecule has 0 saturated carbocycles. The molecule has 0 spiro atoms. The molecule has 2 aromatic rings. The Bertz CT molecular complexity index is 667. The fourth-order valence-corrected chi connectivity index (χ4v) is 2.49. The van der Waals surface area contributed by atoms with E-state index in [2.05, 4.69) is 4.98 Å². The van der Waals surface area contributed by atoms with E-state index in [-0.39, 0.29) is 28.9 Å². The third-order valence-corrected chi connectivity index (χ3v) is 3.58. The summed E-state index contributed by atoms with van der Waals surface area (Å²) < 4.78 is 38.2. The molecule has 116 valence electrons. The fraction of sp³-hybridized carbons (Fsp3) is 0.200. The van der Waals surface area contributed by atoms with Gasteiger partial charge >= 0.3 is 0 Å². The van der Waals surface area contributed by atoms with E-state index in [9.17, 15) is 18.0 Å². The highest BCUT2D eigenvalue weighted by Crippen LogP contribution is 2.27. The van der Waals surface area contributed by atoms with Crippen LogP contribution in [0.2, 0.25) is 0 Å². The van der Waals surface area contributed by atoms with E-state index in [0.717, 1.165) is 0 Å². The van der Waals surface area contributed by atoms with Crippen LogP contribution in [-0.2, 0) is 6.54 Å². The first-order valence-electron chi connectivity index (χ1n) is 6.37. The van der Waals surface area contributed by atoms with Crippen molar-refractivity contribution in [2.75, 3.05) is 7.05 Å². The molecule has 0 aliphatic carbocycles. The van der Waals surface area contributed by atoms with Crippen LogP contribution < -0.4 is 0 Å². The quantitative estimate of drug-likeness (QED) is 0.784. The molecule has 3 nitrogen and oxygen atoms in total. The lowest BCUT2D eigenvalue weighted by Gasteiger charge is -2.18. The van der Waals surface area contributed by atoms with Gasteiger partial charge < -0.3 is 4.90 Å².